The SMILES string of the molecule is CC(=O)c1ccccc1NC(=O)NC1CC1. The van der Waals surface area contributed by atoms with Crippen LogP contribution in [0.2, 0.25) is 0 Å². The zero-order valence-electron chi connectivity index (χ0n) is 9.12. The maximum absolute atomic E-state index is 11.5. The Balaban J connectivity index is 2.07. The molecule has 2 amide bonds. The Morgan fingerprint density at radius 1 is 1.25 bits per heavy atom. The van der Waals surface area contributed by atoms with Crippen molar-refractivity contribution in [2.75, 3.05) is 5.32 Å². The lowest BCUT2D eigenvalue weighted by molar-refractivity contribution is 0.101. The van der Waals surface area contributed by atoms with Gasteiger partial charge in [-0.1, -0.05) is 12.1 Å². The molecule has 0 atom stereocenters. The maximum atomic E-state index is 11.5. The van der Waals surface area contributed by atoms with E-state index in [2.05, 4.69) is 10.6 Å². The Morgan fingerprint density at radius 3 is 2.56 bits per heavy atom. The molecule has 0 spiro atoms. The largest absolute Gasteiger partial charge is 0.335 e. The highest BCUT2D eigenvalue weighted by atomic mass is 16.2. The number of carbonyl (C=O) groups is 2. The first kappa shape index (κ1) is 10.7. The van der Waals surface area contributed by atoms with Crippen LogP contribution in [0, 0.1) is 0 Å². The summed E-state index contributed by atoms with van der Waals surface area (Å²) in [6.07, 6.45) is 2.09. The second-order valence-corrected chi connectivity index (χ2v) is 3.97. The number of amides is 2. The molecule has 4 nitrogen and oxygen atoms in total. The van der Waals surface area contributed by atoms with E-state index >= 15 is 0 Å². The summed E-state index contributed by atoms with van der Waals surface area (Å²) in [5, 5.41) is 5.50. The molecule has 84 valence electrons. The van der Waals surface area contributed by atoms with Crippen LogP contribution in [0.1, 0.15) is 30.1 Å². The van der Waals surface area contributed by atoms with Crippen molar-refractivity contribution in [3.05, 3.63) is 29.8 Å². The van der Waals surface area contributed by atoms with Gasteiger partial charge in [0.25, 0.3) is 0 Å². The van der Waals surface area contributed by atoms with Crippen LogP contribution >= 0.6 is 0 Å². The quantitative estimate of drug-likeness (QED) is 0.764. The van der Waals surface area contributed by atoms with Gasteiger partial charge < -0.3 is 10.6 Å². The Morgan fingerprint density at radius 2 is 1.94 bits per heavy atom. The highest BCUT2D eigenvalue weighted by Crippen LogP contribution is 2.19. The number of para-hydroxylation sites is 1. The first-order valence-corrected chi connectivity index (χ1v) is 5.34. The van der Waals surface area contributed by atoms with Crippen LogP contribution < -0.4 is 10.6 Å². The summed E-state index contributed by atoms with van der Waals surface area (Å²) in [5.41, 5.74) is 1.10. The predicted molar refractivity (Wildman–Crippen MR) is 61.6 cm³/mol. The monoisotopic (exact) mass is 218 g/mol. The van der Waals surface area contributed by atoms with E-state index in [-0.39, 0.29) is 11.8 Å². The van der Waals surface area contributed by atoms with E-state index in [0.717, 1.165) is 12.8 Å². The minimum absolute atomic E-state index is 0.0534. The molecule has 16 heavy (non-hydrogen) atoms. The molecule has 1 aromatic rings. The van der Waals surface area contributed by atoms with Crippen LogP contribution in [0.3, 0.4) is 0 Å². The Kier molecular flexibility index (Phi) is 2.90. The minimum Gasteiger partial charge on any atom is -0.335 e. The van der Waals surface area contributed by atoms with Gasteiger partial charge in [-0.15, -0.1) is 0 Å². The first-order valence-electron chi connectivity index (χ1n) is 5.34. The maximum Gasteiger partial charge on any atom is 0.319 e. The van der Waals surface area contributed by atoms with Crippen molar-refractivity contribution in [3.63, 3.8) is 0 Å². The van der Waals surface area contributed by atoms with Crippen LogP contribution in [0.25, 0.3) is 0 Å². The number of rotatable bonds is 3. The number of ketones is 1. The lowest BCUT2D eigenvalue weighted by Gasteiger charge is -2.09. The van der Waals surface area contributed by atoms with Gasteiger partial charge in [0.05, 0.1) is 5.69 Å². The molecule has 2 rings (SSSR count). The molecule has 4 heteroatoms. The summed E-state index contributed by atoms with van der Waals surface area (Å²) in [7, 11) is 0. The van der Waals surface area contributed by atoms with Crippen molar-refractivity contribution >= 4 is 17.5 Å². The molecule has 0 bridgehead atoms. The Bertz CT molecular complexity index is 425. The number of nitrogens with one attached hydrogen (secondary N) is 2. The van der Waals surface area contributed by atoms with Gasteiger partial charge in [0.2, 0.25) is 0 Å². The van der Waals surface area contributed by atoms with Gasteiger partial charge in [0, 0.05) is 11.6 Å². The zero-order valence-corrected chi connectivity index (χ0v) is 9.12. The fourth-order valence-electron chi connectivity index (χ4n) is 1.47. The molecule has 0 aliphatic heterocycles. The van der Waals surface area contributed by atoms with Crippen molar-refractivity contribution in [3.8, 4) is 0 Å². The van der Waals surface area contributed by atoms with Crippen LogP contribution in [0.5, 0.6) is 0 Å². The second kappa shape index (κ2) is 4.35. The van der Waals surface area contributed by atoms with Crippen LogP contribution in [0.4, 0.5) is 10.5 Å². The molecule has 0 saturated heterocycles. The number of hydrogen-bond acceptors (Lipinski definition) is 2. The minimum atomic E-state index is -0.240. The number of Topliss-reactive ketones (excluding diaryl/α,β-unsaturated/α-hetero) is 1. The van der Waals surface area contributed by atoms with E-state index < -0.39 is 0 Å². The predicted octanol–water partition coefficient (Wildman–Crippen LogP) is 2.17. The summed E-state index contributed by atoms with van der Waals surface area (Å²) in [6, 6.07) is 7.07. The highest BCUT2D eigenvalue weighted by Gasteiger charge is 2.23. The molecule has 0 radical (unpaired) electrons. The van der Waals surface area contributed by atoms with E-state index in [1.54, 1.807) is 24.3 Å². The number of urea groups is 1. The molecule has 1 saturated carbocycles. The van der Waals surface area contributed by atoms with Crippen molar-refractivity contribution in [2.24, 2.45) is 0 Å². The van der Waals surface area contributed by atoms with Crippen molar-refractivity contribution < 1.29 is 9.59 Å². The van der Waals surface area contributed by atoms with Gasteiger partial charge >= 0.3 is 6.03 Å². The average Bonchev–Trinajstić information content (AvgIpc) is 3.02. The summed E-state index contributed by atoms with van der Waals surface area (Å²) >= 11 is 0. The third-order valence-corrected chi connectivity index (χ3v) is 2.47. The van der Waals surface area contributed by atoms with E-state index in [4.69, 9.17) is 0 Å². The molecule has 1 aliphatic carbocycles. The smallest absolute Gasteiger partial charge is 0.319 e. The van der Waals surface area contributed by atoms with E-state index in [0.29, 0.717) is 17.3 Å². The third kappa shape index (κ3) is 2.59. The Hall–Kier alpha value is -1.84. The van der Waals surface area contributed by atoms with Gasteiger partial charge in [-0.05, 0) is 31.9 Å². The molecule has 0 heterocycles. The van der Waals surface area contributed by atoms with Crippen LogP contribution in [0.15, 0.2) is 24.3 Å². The number of benzene rings is 1. The second-order valence-electron chi connectivity index (χ2n) is 3.97. The van der Waals surface area contributed by atoms with Gasteiger partial charge in [0.1, 0.15) is 0 Å². The lowest BCUT2D eigenvalue weighted by atomic mass is 10.1. The van der Waals surface area contributed by atoms with Gasteiger partial charge in [-0.2, -0.15) is 0 Å². The fraction of sp³-hybridized carbons (Fsp3) is 0.333. The third-order valence-electron chi connectivity index (χ3n) is 2.47. The van der Waals surface area contributed by atoms with Crippen molar-refractivity contribution in [1.29, 1.82) is 0 Å². The molecule has 1 aromatic carbocycles. The van der Waals surface area contributed by atoms with Crippen molar-refractivity contribution in [1.82, 2.24) is 5.32 Å². The van der Waals surface area contributed by atoms with Crippen LogP contribution in [-0.2, 0) is 0 Å². The van der Waals surface area contributed by atoms with E-state index in [1.165, 1.54) is 6.92 Å². The average molecular weight is 218 g/mol. The number of anilines is 1. The fourth-order valence-corrected chi connectivity index (χ4v) is 1.47. The number of hydrogen-bond donors (Lipinski definition) is 2. The topological polar surface area (TPSA) is 58.2 Å². The Labute approximate surface area is 94.0 Å². The molecule has 0 unspecified atom stereocenters. The standard InChI is InChI=1S/C12H14N2O2/c1-8(15)10-4-2-3-5-11(10)14-12(16)13-9-6-7-9/h2-5,9H,6-7H2,1H3,(H2,13,14,16). The van der Waals surface area contributed by atoms with Gasteiger partial charge in [-0.25, -0.2) is 4.79 Å². The van der Waals surface area contributed by atoms with Gasteiger partial charge in [0.15, 0.2) is 5.78 Å². The molecule has 1 fully saturated rings. The molecule has 0 aromatic heterocycles. The normalized spacial score (nSPS) is 14.3. The summed E-state index contributed by atoms with van der Waals surface area (Å²) in [6.45, 7) is 1.49. The van der Waals surface area contributed by atoms with Crippen molar-refractivity contribution in [2.45, 2.75) is 25.8 Å². The molecular weight excluding hydrogens is 204 g/mol. The number of carbonyl (C=O) groups excluding carboxylic acids is 2. The highest BCUT2D eigenvalue weighted by molar-refractivity contribution is 6.03. The molecular formula is C12H14N2O2. The molecule has 2 N–H and O–H groups in total. The van der Waals surface area contributed by atoms with E-state index in [1.807, 2.05) is 0 Å². The van der Waals surface area contributed by atoms with Crippen LogP contribution in [-0.4, -0.2) is 17.9 Å². The summed E-state index contributed by atoms with van der Waals surface area (Å²) < 4.78 is 0. The lowest BCUT2D eigenvalue weighted by Crippen LogP contribution is -2.30. The summed E-state index contributed by atoms with van der Waals surface area (Å²) in [4.78, 5) is 22.8. The van der Waals surface area contributed by atoms with Gasteiger partial charge in [-0.3, -0.25) is 4.79 Å². The zero-order chi connectivity index (χ0) is 11.5. The molecule has 1 aliphatic rings. The summed E-state index contributed by atoms with van der Waals surface area (Å²) in [5.74, 6) is -0.0534. The van der Waals surface area contributed by atoms with E-state index in [9.17, 15) is 9.59 Å². The first-order chi connectivity index (χ1) is 7.66.